The van der Waals surface area contributed by atoms with Gasteiger partial charge in [0.1, 0.15) is 12.2 Å². The molecule has 7 saturated carbocycles. The number of fused-ring (bicyclic) bond motifs is 9. The number of para-hydroxylation sites is 1. The van der Waals surface area contributed by atoms with Crippen molar-refractivity contribution in [1.29, 1.82) is 0 Å². The molecule has 1 N–H and O–H groups in total. The number of hydrogen-bond donors (Lipinski definition) is 1. The molecule has 1 aromatic heterocycles. The van der Waals surface area contributed by atoms with E-state index in [4.69, 9.17) is 14.5 Å². The van der Waals surface area contributed by atoms with Gasteiger partial charge in [-0.2, -0.15) is 0 Å². The van der Waals surface area contributed by atoms with Crippen molar-refractivity contribution in [3.05, 3.63) is 54.2 Å². The number of aryl methyl sites for hydroxylation is 1. The van der Waals surface area contributed by atoms with Crippen LogP contribution in [0.5, 0.6) is 0 Å². The minimum atomic E-state index is -0.457. The van der Waals surface area contributed by atoms with Gasteiger partial charge in [-0.1, -0.05) is 45.0 Å². The van der Waals surface area contributed by atoms with Gasteiger partial charge in [0.2, 0.25) is 0 Å². The van der Waals surface area contributed by atoms with Gasteiger partial charge < -0.3 is 14.6 Å². The standard InChI is InChI=1S/C47H65NO5/c1-7-30-22-32-14-13-31(30)23-37(32)45(51)38-26-34(48-42-11-9-8-10-36(38)42)15-12-27(2)39-16-17-40-44-41(19-21-47(39,40)6)46(5)20-18-35(52-28(3)49)24-33(46)25-43(44)53-29(4)50/h7-11,26-27,30-33,35,37,39-41,43-45,51H,1,12-25H2,2-6H3/t27-,30?,31+,32+,33+,35-,37?,39-,40+,41+,43-,44+,45-,46+,47-/m1/s1. The number of rotatable bonds is 9. The fraction of sp³-hybridized carbons (Fsp3) is 0.723. The summed E-state index contributed by atoms with van der Waals surface area (Å²) in [6.07, 6.45) is 17.1. The molecule has 7 aliphatic rings. The number of carbonyl (C=O) groups is 2. The lowest BCUT2D eigenvalue weighted by molar-refractivity contribution is -0.197. The Hall–Kier alpha value is -2.73. The SMILES string of the molecule is C=CC1C[C@@H]2CC[C@H]1CC2[C@@H](O)c1cc(CC[C@@H](C)[C@H]2CC[C@H]3[C@@H]4[C@H](OC(C)=O)C[C@@H]5C[C@H](OC(C)=O)CC[C@]5(C)[C@H]4CC[C@]23C)nc2ccccc12. The fourth-order valence-electron chi connectivity index (χ4n) is 14.5. The number of hydrogen-bond acceptors (Lipinski definition) is 6. The highest BCUT2D eigenvalue weighted by atomic mass is 16.5. The minimum Gasteiger partial charge on any atom is -0.463 e. The largest absolute Gasteiger partial charge is 0.463 e. The van der Waals surface area contributed by atoms with E-state index in [0.717, 1.165) is 67.1 Å². The highest BCUT2D eigenvalue weighted by molar-refractivity contribution is 5.82. The maximum Gasteiger partial charge on any atom is 0.302 e. The highest BCUT2D eigenvalue weighted by Crippen LogP contribution is 2.69. The molecule has 1 heterocycles. The number of benzene rings is 1. The van der Waals surface area contributed by atoms with Gasteiger partial charge in [-0.05, 0) is 172 Å². The lowest BCUT2D eigenvalue weighted by Crippen LogP contribution is -2.59. The number of esters is 2. The summed E-state index contributed by atoms with van der Waals surface area (Å²) in [5.74, 6) is 4.83. The molecule has 2 unspecified atom stereocenters. The topological polar surface area (TPSA) is 85.7 Å². The Kier molecular flexibility index (Phi) is 10.1. The highest BCUT2D eigenvalue weighted by Gasteiger charge is 2.64. The average molecular weight is 724 g/mol. The van der Waals surface area contributed by atoms with Gasteiger partial charge in [0, 0.05) is 30.8 Å². The van der Waals surface area contributed by atoms with Gasteiger partial charge in [0.15, 0.2) is 0 Å². The summed E-state index contributed by atoms with van der Waals surface area (Å²) < 4.78 is 12.0. The zero-order valence-electron chi connectivity index (χ0n) is 33.1. The average Bonchev–Trinajstić information content (AvgIpc) is 3.50. The van der Waals surface area contributed by atoms with Crippen LogP contribution in [0.2, 0.25) is 0 Å². The zero-order chi connectivity index (χ0) is 37.2. The maximum atomic E-state index is 12.6. The van der Waals surface area contributed by atoms with Gasteiger partial charge in [-0.25, -0.2) is 0 Å². The third-order valence-corrected chi connectivity index (χ3v) is 17.0. The Morgan fingerprint density at radius 2 is 1.66 bits per heavy atom. The van der Waals surface area contributed by atoms with Crippen molar-refractivity contribution < 1.29 is 24.2 Å². The van der Waals surface area contributed by atoms with Gasteiger partial charge in [0.05, 0.1) is 11.6 Å². The normalized spacial score (nSPS) is 41.4. The Morgan fingerprint density at radius 1 is 0.925 bits per heavy atom. The van der Waals surface area contributed by atoms with Crippen molar-refractivity contribution in [1.82, 2.24) is 4.98 Å². The number of aromatic nitrogens is 1. The molecule has 0 aliphatic heterocycles. The first-order valence-electron chi connectivity index (χ1n) is 21.4. The predicted molar refractivity (Wildman–Crippen MR) is 209 cm³/mol. The summed E-state index contributed by atoms with van der Waals surface area (Å²) in [7, 11) is 0. The van der Waals surface area contributed by atoms with Gasteiger partial charge in [-0.3, -0.25) is 14.6 Å². The van der Waals surface area contributed by atoms with Gasteiger partial charge >= 0.3 is 11.9 Å². The third-order valence-electron chi connectivity index (χ3n) is 17.0. The van der Waals surface area contributed by atoms with E-state index in [1.807, 2.05) is 0 Å². The number of nitrogens with zero attached hydrogens (tertiary/aromatic N) is 1. The fourth-order valence-corrected chi connectivity index (χ4v) is 14.5. The number of ether oxygens (including phenoxy) is 2. The molecule has 288 valence electrons. The quantitative estimate of drug-likeness (QED) is 0.205. The first-order valence-corrected chi connectivity index (χ1v) is 21.4. The van der Waals surface area contributed by atoms with E-state index in [1.165, 1.54) is 51.9 Å². The molecular weight excluding hydrogens is 659 g/mol. The van der Waals surface area contributed by atoms with E-state index >= 15 is 0 Å². The van der Waals surface area contributed by atoms with Crippen molar-refractivity contribution in [2.75, 3.05) is 0 Å². The Labute approximate surface area is 318 Å². The molecule has 6 heteroatoms. The van der Waals surface area contributed by atoms with Crippen LogP contribution in [0.15, 0.2) is 43.0 Å². The number of pyridine rings is 1. The van der Waals surface area contributed by atoms with E-state index in [0.29, 0.717) is 59.2 Å². The number of allylic oxidation sites excluding steroid dienone is 1. The van der Waals surface area contributed by atoms with Crippen LogP contribution < -0.4 is 0 Å². The van der Waals surface area contributed by atoms with Crippen LogP contribution in [0.1, 0.15) is 135 Å². The van der Waals surface area contributed by atoms with Crippen molar-refractivity contribution in [3.63, 3.8) is 0 Å². The van der Waals surface area contributed by atoms with Crippen molar-refractivity contribution in [3.8, 4) is 0 Å². The van der Waals surface area contributed by atoms with Crippen LogP contribution in [0.25, 0.3) is 10.9 Å². The van der Waals surface area contributed by atoms with Crippen molar-refractivity contribution in [2.24, 2.45) is 70.0 Å². The van der Waals surface area contributed by atoms with Crippen molar-refractivity contribution in [2.45, 2.75) is 143 Å². The van der Waals surface area contributed by atoms with Crippen LogP contribution in [-0.4, -0.2) is 34.2 Å². The molecule has 53 heavy (non-hydrogen) atoms. The molecule has 6 nitrogen and oxygen atoms in total. The minimum absolute atomic E-state index is 0.0189. The molecule has 0 spiro atoms. The first kappa shape index (κ1) is 37.2. The van der Waals surface area contributed by atoms with Crippen LogP contribution in [0.4, 0.5) is 0 Å². The predicted octanol–water partition coefficient (Wildman–Crippen LogP) is 10.2. The van der Waals surface area contributed by atoms with E-state index in [9.17, 15) is 14.7 Å². The smallest absolute Gasteiger partial charge is 0.302 e. The monoisotopic (exact) mass is 723 g/mol. The Bertz CT molecular complexity index is 1700. The van der Waals surface area contributed by atoms with Crippen LogP contribution in [-0.2, 0) is 25.5 Å². The summed E-state index contributed by atoms with van der Waals surface area (Å²) >= 11 is 0. The second-order valence-electron chi connectivity index (χ2n) is 19.4. The van der Waals surface area contributed by atoms with Crippen LogP contribution in [0, 0.1) is 70.0 Å². The number of carbonyl (C=O) groups excluding carboxylic acids is 2. The molecule has 0 radical (unpaired) electrons. The van der Waals surface area contributed by atoms with E-state index in [2.05, 4.69) is 63.8 Å². The van der Waals surface area contributed by atoms with E-state index < -0.39 is 6.10 Å². The number of aliphatic hydroxyl groups is 1. The summed E-state index contributed by atoms with van der Waals surface area (Å²) in [4.78, 5) is 29.6. The third kappa shape index (κ3) is 6.59. The molecule has 7 aliphatic carbocycles. The Balaban J connectivity index is 0.992. The molecule has 1 aromatic carbocycles. The zero-order valence-corrected chi connectivity index (χ0v) is 33.1. The number of aliphatic hydroxyl groups excluding tert-OH is 1. The molecule has 2 bridgehead atoms. The summed E-state index contributed by atoms with van der Waals surface area (Å²) in [5.41, 5.74) is 3.62. The summed E-state index contributed by atoms with van der Waals surface area (Å²) in [5, 5.41) is 13.2. The van der Waals surface area contributed by atoms with Crippen LogP contribution >= 0.6 is 0 Å². The van der Waals surface area contributed by atoms with Gasteiger partial charge in [-0.15, -0.1) is 6.58 Å². The van der Waals surface area contributed by atoms with E-state index in [-0.39, 0.29) is 35.0 Å². The van der Waals surface area contributed by atoms with Gasteiger partial charge in [0.25, 0.3) is 0 Å². The summed E-state index contributed by atoms with van der Waals surface area (Å²) in [6, 6.07) is 10.7. The van der Waals surface area contributed by atoms with E-state index in [1.54, 1.807) is 6.92 Å². The molecule has 7 fully saturated rings. The molecular formula is C47H65NO5. The molecule has 15 atom stereocenters. The lowest BCUT2D eigenvalue weighted by Gasteiger charge is -2.62. The Morgan fingerprint density at radius 3 is 2.40 bits per heavy atom. The van der Waals surface area contributed by atoms with Crippen molar-refractivity contribution >= 4 is 22.8 Å². The second kappa shape index (κ2) is 14.4. The maximum absolute atomic E-state index is 12.6. The molecule has 0 saturated heterocycles. The molecule has 0 amide bonds. The molecule has 9 rings (SSSR count). The summed E-state index contributed by atoms with van der Waals surface area (Å²) in [6.45, 7) is 14.8. The first-order chi connectivity index (χ1) is 25.4. The second-order valence-corrected chi connectivity index (χ2v) is 19.4. The molecule has 2 aromatic rings. The lowest BCUT2D eigenvalue weighted by atomic mass is 9.43. The van der Waals surface area contributed by atoms with Crippen LogP contribution in [0.3, 0.4) is 0 Å².